The normalized spacial score (nSPS) is 17.3. The van der Waals surface area contributed by atoms with E-state index in [2.05, 4.69) is 20.6 Å². The number of aromatic nitrogens is 3. The Bertz CT molecular complexity index is 1330. The van der Waals surface area contributed by atoms with Crippen molar-refractivity contribution in [1.29, 1.82) is 0 Å². The number of carbonyl (C=O) groups is 1. The van der Waals surface area contributed by atoms with Crippen molar-refractivity contribution < 1.29 is 9.18 Å². The van der Waals surface area contributed by atoms with Gasteiger partial charge in [-0.05, 0) is 60.7 Å². The predicted molar refractivity (Wildman–Crippen MR) is 135 cm³/mol. The molecule has 0 spiro atoms. The molecule has 1 aliphatic rings. The van der Waals surface area contributed by atoms with Gasteiger partial charge in [0.2, 0.25) is 5.91 Å². The van der Waals surface area contributed by atoms with E-state index in [1.165, 1.54) is 12.1 Å². The number of halogens is 1. The summed E-state index contributed by atoms with van der Waals surface area (Å²) in [5, 5.41) is 6.56. The van der Waals surface area contributed by atoms with E-state index in [1.807, 2.05) is 64.2 Å². The van der Waals surface area contributed by atoms with Crippen molar-refractivity contribution in [3.8, 4) is 5.82 Å². The zero-order valence-electron chi connectivity index (χ0n) is 18.7. The van der Waals surface area contributed by atoms with E-state index in [9.17, 15) is 9.18 Å². The van der Waals surface area contributed by atoms with Gasteiger partial charge in [-0.1, -0.05) is 24.3 Å². The van der Waals surface area contributed by atoms with Crippen LogP contribution in [0.4, 0.5) is 10.1 Å². The number of carbonyl (C=O) groups excluding carboxylic acids is 1. The van der Waals surface area contributed by atoms with Crippen LogP contribution >= 0.6 is 12.2 Å². The Hall–Kier alpha value is -4.11. The standard InChI is InChI=1S/C26H23FN6OS/c27-18-8-1-2-9-19(18)30-23(34)13-17-33-25(24(31-26(33)35)20-10-3-5-14-28-20)21-11-7-16-32(21)22-12-4-6-15-29-22/h1-12,14-16,24-25H,13,17H2,(H,30,34)(H,31,35). The molecule has 1 aromatic carbocycles. The molecule has 2 unspecified atom stereocenters. The minimum atomic E-state index is -0.472. The molecule has 1 saturated heterocycles. The van der Waals surface area contributed by atoms with Gasteiger partial charge in [0.1, 0.15) is 11.6 Å². The molecule has 4 heterocycles. The van der Waals surface area contributed by atoms with Gasteiger partial charge in [0, 0.05) is 37.3 Å². The van der Waals surface area contributed by atoms with Crippen LogP contribution in [-0.4, -0.2) is 37.0 Å². The molecule has 3 aromatic heterocycles. The van der Waals surface area contributed by atoms with Gasteiger partial charge in [0.15, 0.2) is 5.11 Å². The second-order valence-corrected chi connectivity index (χ2v) is 8.48. The molecule has 1 amide bonds. The number of amides is 1. The largest absolute Gasteiger partial charge is 0.352 e. The Morgan fingerprint density at radius 2 is 1.77 bits per heavy atom. The lowest BCUT2D eigenvalue weighted by atomic mass is 10.0. The smallest absolute Gasteiger partial charge is 0.226 e. The van der Waals surface area contributed by atoms with E-state index >= 15 is 0 Å². The average molecular weight is 487 g/mol. The lowest BCUT2D eigenvalue weighted by Gasteiger charge is -2.28. The molecule has 35 heavy (non-hydrogen) atoms. The molecule has 0 aliphatic carbocycles. The summed E-state index contributed by atoms with van der Waals surface area (Å²) in [5.74, 6) is 0.0147. The lowest BCUT2D eigenvalue weighted by Crippen LogP contribution is -2.33. The number of thiocarbonyl (C=S) groups is 1. The molecule has 4 aromatic rings. The van der Waals surface area contributed by atoms with Gasteiger partial charge >= 0.3 is 0 Å². The molecule has 1 aliphatic heterocycles. The van der Waals surface area contributed by atoms with Gasteiger partial charge in [0.25, 0.3) is 0 Å². The molecule has 9 heteroatoms. The Kier molecular flexibility index (Phi) is 6.49. The number of rotatable bonds is 7. The van der Waals surface area contributed by atoms with Crippen LogP contribution in [-0.2, 0) is 4.79 Å². The summed E-state index contributed by atoms with van der Waals surface area (Å²) in [4.78, 5) is 23.7. The number of anilines is 1. The summed E-state index contributed by atoms with van der Waals surface area (Å²) < 4.78 is 16.0. The quantitative estimate of drug-likeness (QED) is 0.377. The number of hydrogen-bond acceptors (Lipinski definition) is 4. The Morgan fingerprint density at radius 3 is 2.51 bits per heavy atom. The molecule has 5 rings (SSSR count). The highest BCUT2D eigenvalue weighted by molar-refractivity contribution is 7.80. The molecule has 2 N–H and O–H groups in total. The third-order valence-electron chi connectivity index (χ3n) is 5.90. The molecule has 2 atom stereocenters. The SMILES string of the molecule is O=C(CCN1C(=S)NC(c2ccccn2)C1c1cccn1-c1ccccn1)Nc1ccccc1F. The average Bonchev–Trinajstić information content (AvgIpc) is 3.49. The third-order valence-corrected chi connectivity index (χ3v) is 6.26. The number of hydrogen-bond donors (Lipinski definition) is 2. The first-order valence-electron chi connectivity index (χ1n) is 11.2. The van der Waals surface area contributed by atoms with Crippen molar-refractivity contribution in [3.05, 3.63) is 109 Å². The number of benzene rings is 1. The molecule has 176 valence electrons. The van der Waals surface area contributed by atoms with Crippen LogP contribution in [0.3, 0.4) is 0 Å². The number of nitrogens with zero attached hydrogens (tertiary/aromatic N) is 4. The van der Waals surface area contributed by atoms with Crippen LogP contribution in [0.15, 0.2) is 91.4 Å². The first-order chi connectivity index (χ1) is 17.1. The predicted octanol–water partition coefficient (Wildman–Crippen LogP) is 4.41. The summed E-state index contributed by atoms with van der Waals surface area (Å²) in [6.45, 7) is 0.341. The fourth-order valence-corrected chi connectivity index (χ4v) is 4.64. The van der Waals surface area contributed by atoms with Gasteiger partial charge in [-0.2, -0.15) is 0 Å². The van der Waals surface area contributed by atoms with E-state index in [-0.39, 0.29) is 30.1 Å². The maximum Gasteiger partial charge on any atom is 0.226 e. The van der Waals surface area contributed by atoms with Crippen LogP contribution in [0.1, 0.15) is 29.9 Å². The highest BCUT2D eigenvalue weighted by atomic mass is 32.1. The monoisotopic (exact) mass is 486 g/mol. The summed E-state index contributed by atoms with van der Waals surface area (Å²) >= 11 is 5.70. The van der Waals surface area contributed by atoms with E-state index in [1.54, 1.807) is 24.5 Å². The van der Waals surface area contributed by atoms with E-state index in [0.717, 1.165) is 17.2 Å². The first kappa shape index (κ1) is 22.7. The van der Waals surface area contributed by atoms with E-state index in [0.29, 0.717) is 11.7 Å². The summed E-state index contributed by atoms with van der Waals surface area (Å²) in [5.41, 5.74) is 1.96. The van der Waals surface area contributed by atoms with Crippen molar-refractivity contribution in [2.75, 3.05) is 11.9 Å². The van der Waals surface area contributed by atoms with Crippen molar-refractivity contribution in [1.82, 2.24) is 24.8 Å². The van der Waals surface area contributed by atoms with Gasteiger partial charge in [0.05, 0.1) is 23.5 Å². The minimum absolute atomic E-state index is 0.131. The zero-order chi connectivity index (χ0) is 24.2. The Morgan fingerprint density at radius 1 is 1.00 bits per heavy atom. The minimum Gasteiger partial charge on any atom is -0.352 e. The maximum absolute atomic E-state index is 14.0. The van der Waals surface area contributed by atoms with Crippen molar-refractivity contribution in [3.63, 3.8) is 0 Å². The third kappa shape index (κ3) is 4.76. The van der Waals surface area contributed by atoms with Crippen LogP contribution < -0.4 is 10.6 Å². The maximum atomic E-state index is 14.0. The van der Waals surface area contributed by atoms with Crippen molar-refractivity contribution >= 4 is 28.9 Å². The fraction of sp³-hybridized carbons (Fsp3) is 0.154. The lowest BCUT2D eigenvalue weighted by molar-refractivity contribution is -0.116. The van der Waals surface area contributed by atoms with E-state index < -0.39 is 5.82 Å². The van der Waals surface area contributed by atoms with E-state index in [4.69, 9.17) is 12.2 Å². The summed E-state index contributed by atoms with van der Waals surface area (Å²) in [6, 6.07) is 21.1. The molecule has 0 radical (unpaired) electrons. The first-order valence-corrected chi connectivity index (χ1v) is 11.6. The molecular weight excluding hydrogens is 463 g/mol. The number of para-hydroxylation sites is 1. The Labute approximate surface area is 207 Å². The van der Waals surface area contributed by atoms with Crippen molar-refractivity contribution in [2.45, 2.75) is 18.5 Å². The molecule has 7 nitrogen and oxygen atoms in total. The highest BCUT2D eigenvalue weighted by Crippen LogP contribution is 2.39. The molecule has 0 saturated carbocycles. The summed E-state index contributed by atoms with van der Waals surface area (Å²) in [7, 11) is 0. The van der Waals surface area contributed by atoms with Crippen LogP contribution in [0.5, 0.6) is 0 Å². The van der Waals surface area contributed by atoms with Gasteiger partial charge in [-0.25, -0.2) is 9.37 Å². The van der Waals surface area contributed by atoms with Gasteiger partial charge in [-0.15, -0.1) is 0 Å². The highest BCUT2D eigenvalue weighted by Gasteiger charge is 2.41. The Balaban J connectivity index is 1.44. The number of pyridine rings is 2. The van der Waals surface area contributed by atoms with Crippen LogP contribution in [0, 0.1) is 5.82 Å². The second-order valence-electron chi connectivity index (χ2n) is 8.09. The zero-order valence-corrected chi connectivity index (χ0v) is 19.5. The van der Waals surface area contributed by atoms with Gasteiger partial charge < -0.3 is 20.1 Å². The second kappa shape index (κ2) is 10.0. The number of nitrogens with one attached hydrogen (secondary N) is 2. The van der Waals surface area contributed by atoms with Crippen LogP contribution in [0.2, 0.25) is 0 Å². The van der Waals surface area contributed by atoms with Gasteiger partial charge in [-0.3, -0.25) is 9.78 Å². The summed E-state index contributed by atoms with van der Waals surface area (Å²) in [6.07, 6.45) is 5.58. The fourth-order valence-electron chi connectivity index (χ4n) is 4.31. The molecular formula is C26H23FN6OS. The molecule has 0 bridgehead atoms. The van der Waals surface area contributed by atoms with Crippen molar-refractivity contribution in [2.24, 2.45) is 0 Å². The van der Waals surface area contributed by atoms with Crippen LogP contribution in [0.25, 0.3) is 5.82 Å². The topological polar surface area (TPSA) is 75.1 Å². The molecule has 1 fully saturated rings.